The molecular formula is C15H22Cl2N3O3S+. The first-order chi connectivity index (χ1) is 11.3. The number of carbonyl (C=O) groups excluding carboxylic acids is 1. The summed E-state index contributed by atoms with van der Waals surface area (Å²) in [6, 6.07) is 2.36. The minimum absolute atomic E-state index is 0.0440. The van der Waals surface area contributed by atoms with Gasteiger partial charge in [0.05, 0.1) is 33.7 Å². The van der Waals surface area contributed by atoms with Crippen LogP contribution < -0.4 is 15.4 Å². The van der Waals surface area contributed by atoms with Crippen molar-refractivity contribution in [3.8, 4) is 0 Å². The van der Waals surface area contributed by atoms with Crippen LogP contribution in [0.5, 0.6) is 0 Å². The third kappa shape index (κ3) is 5.60. The van der Waals surface area contributed by atoms with Crippen molar-refractivity contribution in [2.45, 2.75) is 37.0 Å². The van der Waals surface area contributed by atoms with E-state index in [2.05, 4.69) is 5.32 Å². The van der Waals surface area contributed by atoms with Crippen LogP contribution >= 0.6 is 23.2 Å². The smallest absolute Gasteiger partial charge is 0.279 e. The highest BCUT2D eigenvalue weighted by Crippen LogP contribution is 2.33. The number of likely N-dealkylation sites (tertiary alicyclic amines) is 1. The molecule has 0 aromatic heterocycles. The van der Waals surface area contributed by atoms with E-state index in [1.54, 1.807) is 0 Å². The molecule has 24 heavy (non-hydrogen) atoms. The Morgan fingerprint density at radius 1 is 1.08 bits per heavy atom. The number of hydrogen-bond donors (Lipinski definition) is 3. The zero-order chi connectivity index (χ0) is 17.7. The molecule has 0 unspecified atom stereocenters. The molecule has 1 heterocycles. The molecule has 1 aromatic rings. The molecule has 0 radical (unpaired) electrons. The summed E-state index contributed by atoms with van der Waals surface area (Å²) in [6.45, 7) is 2.28. The van der Waals surface area contributed by atoms with Gasteiger partial charge in [0, 0.05) is 0 Å². The van der Waals surface area contributed by atoms with E-state index in [1.165, 1.54) is 36.3 Å². The molecule has 1 amide bonds. The van der Waals surface area contributed by atoms with Gasteiger partial charge < -0.3 is 10.2 Å². The van der Waals surface area contributed by atoms with E-state index in [1.807, 2.05) is 0 Å². The summed E-state index contributed by atoms with van der Waals surface area (Å²) in [7, 11) is -3.91. The van der Waals surface area contributed by atoms with Gasteiger partial charge in [-0.2, -0.15) is 0 Å². The number of halogens is 2. The second kappa shape index (κ2) is 8.49. The second-order valence-corrected chi connectivity index (χ2v) is 8.43. The van der Waals surface area contributed by atoms with Gasteiger partial charge in [0.1, 0.15) is 0 Å². The standard InChI is InChI=1S/C15H21Cl2N3O3S/c16-12-8-11(24(18,22)23)9-13(17)15(12)19-14(21)10-20-6-4-2-1-3-5-7-20/h8-9H,1-7,10H2,(H,19,21)(H2,18,22,23)/p+1. The van der Waals surface area contributed by atoms with Gasteiger partial charge in [0.15, 0.2) is 6.54 Å². The lowest BCUT2D eigenvalue weighted by molar-refractivity contribution is -0.892. The van der Waals surface area contributed by atoms with Crippen molar-refractivity contribution >= 4 is 44.8 Å². The van der Waals surface area contributed by atoms with E-state index in [-0.39, 0.29) is 26.5 Å². The van der Waals surface area contributed by atoms with Crippen LogP contribution in [0.4, 0.5) is 5.69 Å². The molecule has 0 saturated carbocycles. The lowest BCUT2D eigenvalue weighted by Gasteiger charge is -2.21. The minimum atomic E-state index is -3.91. The van der Waals surface area contributed by atoms with Crippen molar-refractivity contribution in [2.24, 2.45) is 5.14 Å². The molecule has 1 saturated heterocycles. The number of sulfonamides is 1. The Morgan fingerprint density at radius 3 is 2.08 bits per heavy atom. The predicted molar refractivity (Wildman–Crippen MR) is 95.1 cm³/mol. The number of amides is 1. The van der Waals surface area contributed by atoms with Gasteiger partial charge in [0.25, 0.3) is 5.91 Å². The van der Waals surface area contributed by atoms with E-state index >= 15 is 0 Å². The minimum Gasteiger partial charge on any atom is -0.327 e. The molecule has 9 heteroatoms. The molecule has 0 atom stereocenters. The normalized spacial score (nSPS) is 17.1. The fourth-order valence-corrected chi connectivity index (χ4v) is 4.10. The first kappa shape index (κ1) is 19.5. The van der Waals surface area contributed by atoms with Gasteiger partial charge in [-0.25, -0.2) is 13.6 Å². The van der Waals surface area contributed by atoms with Gasteiger partial charge >= 0.3 is 0 Å². The number of quaternary nitrogens is 1. The number of rotatable bonds is 4. The molecule has 1 aliphatic heterocycles. The van der Waals surface area contributed by atoms with Crippen LogP contribution in [0.15, 0.2) is 17.0 Å². The molecule has 2 rings (SSSR count). The molecule has 134 valence electrons. The maximum absolute atomic E-state index is 12.3. The van der Waals surface area contributed by atoms with Gasteiger partial charge in [-0.05, 0) is 37.8 Å². The summed E-state index contributed by atoms with van der Waals surface area (Å²) in [6.07, 6.45) is 5.91. The molecule has 1 aliphatic rings. The zero-order valence-electron chi connectivity index (χ0n) is 13.3. The van der Waals surface area contributed by atoms with E-state index in [4.69, 9.17) is 28.3 Å². The monoisotopic (exact) mass is 394 g/mol. The Balaban J connectivity index is 2.05. The summed E-state index contributed by atoms with van der Waals surface area (Å²) in [4.78, 5) is 13.3. The van der Waals surface area contributed by atoms with Crippen LogP contribution in [0.2, 0.25) is 10.0 Å². The fraction of sp³-hybridized carbons (Fsp3) is 0.533. The Kier molecular flexibility index (Phi) is 6.88. The molecule has 1 fully saturated rings. The summed E-state index contributed by atoms with van der Waals surface area (Å²) in [5, 5.41) is 7.83. The van der Waals surface area contributed by atoms with Crippen LogP contribution in [0.25, 0.3) is 0 Å². The highest BCUT2D eigenvalue weighted by atomic mass is 35.5. The molecule has 4 N–H and O–H groups in total. The largest absolute Gasteiger partial charge is 0.327 e. The van der Waals surface area contributed by atoms with Gasteiger partial charge in [-0.3, -0.25) is 4.79 Å². The van der Waals surface area contributed by atoms with E-state index in [9.17, 15) is 13.2 Å². The van der Waals surface area contributed by atoms with Gasteiger partial charge in [-0.15, -0.1) is 0 Å². The van der Waals surface area contributed by atoms with Crippen molar-refractivity contribution in [3.05, 3.63) is 22.2 Å². The number of nitrogens with one attached hydrogen (secondary N) is 2. The summed E-state index contributed by atoms with van der Waals surface area (Å²) in [5.41, 5.74) is 0.210. The van der Waals surface area contributed by atoms with E-state index < -0.39 is 10.0 Å². The Labute approximate surface area is 152 Å². The Hall–Kier alpha value is -0.860. The summed E-state index contributed by atoms with van der Waals surface area (Å²) >= 11 is 12.1. The highest BCUT2D eigenvalue weighted by Gasteiger charge is 2.19. The van der Waals surface area contributed by atoms with Crippen LogP contribution in [0.3, 0.4) is 0 Å². The predicted octanol–water partition coefficient (Wildman–Crippen LogP) is 1.43. The molecule has 0 aliphatic carbocycles. The quantitative estimate of drug-likeness (QED) is 0.720. The maximum atomic E-state index is 12.3. The summed E-state index contributed by atoms with van der Waals surface area (Å²) < 4.78 is 22.7. The zero-order valence-corrected chi connectivity index (χ0v) is 15.6. The molecule has 6 nitrogen and oxygen atoms in total. The maximum Gasteiger partial charge on any atom is 0.279 e. The first-order valence-electron chi connectivity index (χ1n) is 7.92. The second-order valence-electron chi connectivity index (χ2n) is 6.05. The number of anilines is 1. The number of hydrogen-bond acceptors (Lipinski definition) is 3. The molecule has 0 bridgehead atoms. The first-order valence-corrected chi connectivity index (χ1v) is 10.2. The van der Waals surface area contributed by atoms with Crippen molar-refractivity contribution < 1.29 is 18.1 Å². The van der Waals surface area contributed by atoms with Crippen molar-refractivity contribution in [3.63, 3.8) is 0 Å². The Bertz CT molecular complexity index is 679. The Morgan fingerprint density at radius 2 is 1.58 bits per heavy atom. The van der Waals surface area contributed by atoms with Crippen molar-refractivity contribution in [2.75, 3.05) is 25.0 Å². The molecular weight excluding hydrogens is 373 g/mol. The summed E-state index contributed by atoms with van der Waals surface area (Å²) in [5.74, 6) is -0.197. The van der Waals surface area contributed by atoms with Gasteiger partial charge in [0.2, 0.25) is 10.0 Å². The molecule has 1 aromatic carbocycles. The van der Waals surface area contributed by atoms with Crippen LogP contribution in [-0.4, -0.2) is 34.0 Å². The average molecular weight is 395 g/mol. The molecule has 0 spiro atoms. The third-order valence-corrected chi connectivity index (χ3v) is 5.57. The number of primary sulfonamides is 1. The van der Waals surface area contributed by atoms with Crippen molar-refractivity contribution in [1.82, 2.24) is 0 Å². The average Bonchev–Trinajstić information content (AvgIpc) is 2.44. The topological polar surface area (TPSA) is 93.7 Å². The SMILES string of the molecule is NS(=O)(=O)c1cc(Cl)c(NC(=O)C[NH+]2CCCCCCC2)c(Cl)c1. The van der Waals surface area contributed by atoms with E-state index in [0.29, 0.717) is 6.54 Å². The van der Waals surface area contributed by atoms with Gasteiger partial charge in [-0.1, -0.05) is 29.6 Å². The number of nitrogens with two attached hydrogens (primary N) is 1. The lowest BCUT2D eigenvalue weighted by atomic mass is 10.1. The highest BCUT2D eigenvalue weighted by molar-refractivity contribution is 7.89. The van der Waals surface area contributed by atoms with Crippen LogP contribution in [-0.2, 0) is 14.8 Å². The van der Waals surface area contributed by atoms with E-state index in [0.717, 1.165) is 25.9 Å². The van der Waals surface area contributed by atoms with Crippen LogP contribution in [0, 0.1) is 0 Å². The third-order valence-electron chi connectivity index (χ3n) is 4.08. The fourth-order valence-electron chi connectivity index (χ4n) is 2.83. The van der Waals surface area contributed by atoms with Crippen molar-refractivity contribution in [1.29, 1.82) is 0 Å². The number of benzene rings is 1. The lowest BCUT2D eigenvalue weighted by Crippen LogP contribution is -3.13. The number of carbonyl (C=O) groups is 1. The van der Waals surface area contributed by atoms with Crippen LogP contribution in [0.1, 0.15) is 32.1 Å².